The summed E-state index contributed by atoms with van der Waals surface area (Å²) in [5.74, 6) is 0.579. The van der Waals surface area contributed by atoms with E-state index < -0.39 is 0 Å². The van der Waals surface area contributed by atoms with Gasteiger partial charge in [-0.25, -0.2) is 9.97 Å². The van der Waals surface area contributed by atoms with Gasteiger partial charge < -0.3 is 10.5 Å². The topological polar surface area (TPSA) is 61.0 Å². The first kappa shape index (κ1) is 12.3. The molecule has 0 spiro atoms. The lowest BCUT2D eigenvalue weighted by atomic mass is 10.2. The monoisotopic (exact) mass is 357 g/mol. The van der Waals surface area contributed by atoms with Gasteiger partial charge in [0.15, 0.2) is 5.75 Å². The fraction of sp³-hybridized carbons (Fsp3) is 0.0909. The number of hydrogen-bond acceptors (Lipinski definition) is 4. The van der Waals surface area contributed by atoms with Crippen molar-refractivity contribution in [2.45, 2.75) is 6.92 Å². The Morgan fingerprint density at radius 1 is 1.12 bits per heavy atom. The minimum Gasteiger partial charge on any atom is -0.422 e. The first-order valence-corrected chi connectivity index (χ1v) is 6.36. The van der Waals surface area contributed by atoms with Crippen LogP contribution in [0.15, 0.2) is 33.5 Å². The molecule has 1 heterocycles. The lowest BCUT2D eigenvalue weighted by Crippen LogP contribution is -1.97. The standard InChI is InChI=1S/C11H9Br2N3O/c1-6-2-7(12)3-9(14)10(6)17-11-15-4-8(13)5-16-11/h2-5H,14H2,1H3. The van der Waals surface area contributed by atoms with Crippen LogP contribution in [-0.4, -0.2) is 9.97 Å². The van der Waals surface area contributed by atoms with Crippen LogP contribution in [0.2, 0.25) is 0 Å². The molecule has 2 aromatic rings. The second-order valence-corrected chi connectivity index (χ2v) is 5.26. The van der Waals surface area contributed by atoms with Crippen LogP contribution in [0.1, 0.15) is 5.56 Å². The van der Waals surface area contributed by atoms with Gasteiger partial charge in [0.25, 0.3) is 0 Å². The van der Waals surface area contributed by atoms with Crippen molar-refractivity contribution in [2.24, 2.45) is 0 Å². The zero-order chi connectivity index (χ0) is 12.4. The molecule has 0 unspecified atom stereocenters. The van der Waals surface area contributed by atoms with E-state index in [0.717, 1.165) is 14.5 Å². The fourth-order valence-corrected chi connectivity index (χ4v) is 2.13. The van der Waals surface area contributed by atoms with E-state index in [1.165, 1.54) is 0 Å². The molecule has 0 atom stereocenters. The summed E-state index contributed by atoms with van der Waals surface area (Å²) in [5, 5.41) is 0. The van der Waals surface area contributed by atoms with Crippen LogP contribution in [0.5, 0.6) is 11.8 Å². The molecule has 1 aromatic heterocycles. The van der Waals surface area contributed by atoms with E-state index in [1.807, 2.05) is 13.0 Å². The van der Waals surface area contributed by atoms with E-state index >= 15 is 0 Å². The molecule has 4 nitrogen and oxygen atoms in total. The molecule has 2 rings (SSSR count). The highest BCUT2D eigenvalue weighted by molar-refractivity contribution is 9.10. The Kier molecular flexibility index (Phi) is 3.63. The normalized spacial score (nSPS) is 10.3. The van der Waals surface area contributed by atoms with Crippen molar-refractivity contribution in [3.8, 4) is 11.8 Å². The number of ether oxygens (including phenoxy) is 1. The molecule has 88 valence electrons. The summed E-state index contributed by atoms with van der Waals surface area (Å²) in [4.78, 5) is 8.06. The Balaban J connectivity index is 2.33. The summed E-state index contributed by atoms with van der Waals surface area (Å²) in [6.45, 7) is 1.91. The van der Waals surface area contributed by atoms with Crippen LogP contribution in [0.4, 0.5) is 5.69 Å². The highest BCUT2D eigenvalue weighted by Crippen LogP contribution is 2.32. The highest BCUT2D eigenvalue weighted by Gasteiger charge is 2.09. The number of nitrogens with two attached hydrogens (primary N) is 1. The predicted molar refractivity (Wildman–Crippen MR) is 73.1 cm³/mol. The maximum atomic E-state index is 5.88. The van der Waals surface area contributed by atoms with Crippen LogP contribution in [0.25, 0.3) is 0 Å². The maximum Gasteiger partial charge on any atom is 0.322 e. The van der Waals surface area contributed by atoms with Crippen LogP contribution in [0.3, 0.4) is 0 Å². The molecule has 6 heteroatoms. The van der Waals surface area contributed by atoms with Gasteiger partial charge in [-0.05, 0) is 40.5 Å². The van der Waals surface area contributed by atoms with Crippen molar-refractivity contribution in [2.75, 3.05) is 5.73 Å². The number of hydrogen-bond donors (Lipinski definition) is 1. The van der Waals surface area contributed by atoms with Gasteiger partial charge in [0, 0.05) is 16.9 Å². The number of halogens is 2. The Morgan fingerprint density at radius 2 is 1.76 bits per heavy atom. The summed E-state index contributed by atoms with van der Waals surface area (Å²) in [6.07, 6.45) is 3.24. The first-order valence-electron chi connectivity index (χ1n) is 4.77. The fourth-order valence-electron chi connectivity index (χ4n) is 1.34. The van der Waals surface area contributed by atoms with Gasteiger partial charge in [-0.2, -0.15) is 0 Å². The largest absolute Gasteiger partial charge is 0.422 e. The van der Waals surface area contributed by atoms with E-state index in [1.54, 1.807) is 18.5 Å². The molecule has 0 fully saturated rings. The first-order chi connectivity index (χ1) is 8.06. The second-order valence-electron chi connectivity index (χ2n) is 3.43. The molecule has 0 aliphatic heterocycles. The van der Waals surface area contributed by atoms with Crippen LogP contribution >= 0.6 is 31.9 Å². The third kappa shape index (κ3) is 2.95. The zero-order valence-corrected chi connectivity index (χ0v) is 12.1. The van der Waals surface area contributed by atoms with Gasteiger partial charge in [0.2, 0.25) is 0 Å². The van der Waals surface area contributed by atoms with Gasteiger partial charge in [-0.3, -0.25) is 0 Å². The van der Waals surface area contributed by atoms with Crippen molar-refractivity contribution in [1.29, 1.82) is 0 Å². The third-order valence-electron chi connectivity index (χ3n) is 2.06. The lowest BCUT2D eigenvalue weighted by molar-refractivity contribution is 0.440. The number of anilines is 1. The molecular weight excluding hydrogens is 350 g/mol. The Morgan fingerprint density at radius 3 is 2.35 bits per heavy atom. The molecular formula is C11H9Br2N3O. The Hall–Kier alpha value is -1.14. The van der Waals surface area contributed by atoms with Crippen LogP contribution in [0, 0.1) is 6.92 Å². The Labute approximate surface area is 115 Å². The summed E-state index contributed by atoms with van der Waals surface area (Å²) < 4.78 is 7.27. The van der Waals surface area contributed by atoms with Gasteiger partial charge in [0.1, 0.15) is 0 Å². The summed E-state index contributed by atoms with van der Waals surface area (Å²) in [5.41, 5.74) is 7.34. The van der Waals surface area contributed by atoms with Crippen LogP contribution < -0.4 is 10.5 Å². The minimum absolute atomic E-state index is 0.269. The molecule has 0 aliphatic carbocycles. The van der Waals surface area contributed by atoms with Crippen molar-refractivity contribution >= 4 is 37.5 Å². The molecule has 2 N–H and O–H groups in total. The molecule has 1 aromatic carbocycles. The van der Waals surface area contributed by atoms with Crippen LogP contribution in [-0.2, 0) is 0 Å². The van der Waals surface area contributed by atoms with Gasteiger partial charge in [-0.15, -0.1) is 0 Å². The van der Waals surface area contributed by atoms with Crippen molar-refractivity contribution in [3.05, 3.63) is 39.0 Å². The summed E-state index contributed by atoms with van der Waals surface area (Å²) in [6, 6.07) is 3.97. The van der Waals surface area contributed by atoms with Gasteiger partial charge >= 0.3 is 6.01 Å². The third-order valence-corrected chi connectivity index (χ3v) is 2.93. The summed E-state index contributed by atoms with van der Waals surface area (Å²) in [7, 11) is 0. The van der Waals surface area contributed by atoms with E-state index in [0.29, 0.717) is 11.4 Å². The van der Waals surface area contributed by atoms with E-state index in [-0.39, 0.29) is 6.01 Å². The quantitative estimate of drug-likeness (QED) is 0.831. The number of aromatic nitrogens is 2. The maximum absolute atomic E-state index is 5.88. The molecule has 0 radical (unpaired) electrons. The van der Waals surface area contributed by atoms with Crippen molar-refractivity contribution < 1.29 is 4.74 Å². The number of nitrogens with zero attached hydrogens (tertiary/aromatic N) is 2. The number of aryl methyl sites for hydroxylation is 1. The molecule has 0 aliphatic rings. The number of nitrogen functional groups attached to an aromatic ring is 1. The van der Waals surface area contributed by atoms with Crippen molar-refractivity contribution in [1.82, 2.24) is 9.97 Å². The average molecular weight is 359 g/mol. The Bertz CT molecular complexity index is 520. The highest BCUT2D eigenvalue weighted by atomic mass is 79.9. The SMILES string of the molecule is Cc1cc(Br)cc(N)c1Oc1ncc(Br)cn1. The number of benzene rings is 1. The predicted octanol–water partition coefficient (Wildman–Crippen LogP) is 3.68. The lowest BCUT2D eigenvalue weighted by Gasteiger charge is -2.10. The van der Waals surface area contributed by atoms with E-state index in [2.05, 4.69) is 41.8 Å². The molecule has 0 saturated heterocycles. The molecule has 0 bridgehead atoms. The van der Waals surface area contributed by atoms with Gasteiger partial charge in [0.05, 0.1) is 10.2 Å². The van der Waals surface area contributed by atoms with Crippen molar-refractivity contribution in [3.63, 3.8) is 0 Å². The van der Waals surface area contributed by atoms with E-state index in [4.69, 9.17) is 10.5 Å². The van der Waals surface area contributed by atoms with E-state index in [9.17, 15) is 0 Å². The molecule has 0 amide bonds. The minimum atomic E-state index is 0.269. The summed E-state index contributed by atoms with van der Waals surface area (Å²) >= 11 is 6.63. The zero-order valence-electron chi connectivity index (χ0n) is 8.95. The number of rotatable bonds is 2. The average Bonchev–Trinajstić information content (AvgIpc) is 2.26. The molecule has 17 heavy (non-hydrogen) atoms. The second kappa shape index (κ2) is 5.01. The smallest absolute Gasteiger partial charge is 0.322 e. The van der Waals surface area contributed by atoms with Gasteiger partial charge in [-0.1, -0.05) is 15.9 Å². The molecule has 0 saturated carbocycles.